The van der Waals surface area contributed by atoms with Crippen molar-refractivity contribution in [1.82, 2.24) is 0 Å². The molecule has 0 radical (unpaired) electrons. The second kappa shape index (κ2) is 7.84. The lowest BCUT2D eigenvalue weighted by atomic mass is 10.1. The van der Waals surface area contributed by atoms with Crippen LogP contribution in [-0.4, -0.2) is 30.8 Å². The van der Waals surface area contributed by atoms with Gasteiger partial charge in [-0.3, -0.25) is 9.59 Å². The summed E-state index contributed by atoms with van der Waals surface area (Å²) < 4.78 is 31.1. The topological polar surface area (TPSA) is 63.7 Å². The zero-order chi connectivity index (χ0) is 19.6. The van der Waals surface area contributed by atoms with Gasteiger partial charge in [0.2, 0.25) is 5.91 Å². The van der Waals surface area contributed by atoms with Gasteiger partial charge in [0.25, 0.3) is 0 Å². The van der Waals surface area contributed by atoms with E-state index in [1.165, 1.54) is 12.1 Å². The Morgan fingerprint density at radius 2 is 1.78 bits per heavy atom. The minimum Gasteiger partial charge on any atom is -0.454 e. The number of carbonyl (C=O) groups is 3. The molecule has 5 nitrogen and oxygen atoms in total. The molecule has 140 valence electrons. The fraction of sp³-hybridized carbons (Fsp3) is 0.211. The number of esters is 1. The summed E-state index contributed by atoms with van der Waals surface area (Å²) in [6.07, 6.45) is 1.30. The minimum atomic E-state index is -1.25. The third-order valence-electron chi connectivity index (χ3n) is 4.14. The molecule has 1 saturated heterocycles. The number of ketones is 1. The van der Waals surface area contributed by atoms with Crippen molar-refractivity contribution in [2.75, 3.05) is 18.1 Å². The Balaban J connectivity index is 1.63. The van der Waals surface area contributed by atoms with Gasteiger partial charge in [0, 0.05) is 24.2 Å². The molecular formula is C19H14ClF2NO4. The summed E-state index contributed by atoms with van der Waals surface area (Å²) in [5.41, 5.74) is 0.612. The first-order chi connectivity index (χ1) is 12.9. The summed E-state index contributed by atoms with van der Waals surface area (Å²) in [5, 5.41) is -0.314. The Morgan fingerprint density at radius 3 is 2.41 bits per heavy atom. The van der Waals surface area contributed by atoms with Crippen LogP contribution >= 0.6 is 11.6 Å². The average molecular weight is 394 g/mol. The van der Waals surface area contributed by atoms with E-state index in [2.05, 4.69) is 0 Å². The quantitative estimate of drug-likeness (QED) is 0.440. The van der Waals surface area contributed by atoms with Crippen LogP contribution in [0.2, 0.25) is 5.02 Å². The molecule has 1 fully saturated rings. The normalized spacial score (nSPS) is 13.7. The first-order valence-corrected chi connectivity index (χ1v) is 8.50. The number of hydrogen-bond acceptors (Lipinski definition) is 4. The van der Waals surface area contributed by atoms with Gasteiger partial charge in [-0.2, -0.15) is 0 Å². The Kier molecular flexibility index (Phi) is 5.51. The summed E-state index contributed by atoms with van der Waals surface area (Å²) >= 11 is 5.70. The van der Waals surface area contributed by atoms with E-state index in [4.69, 9.17) is 16.3 Å². The van der Waals surface area contributed by atoms with Crippen molar-refractivity contribution in [3.05, 3.63) is 64.2 Å². The number of ether oxygens (including phenoxy) is 1. The molecule has 0 unspecified atom stereocenters. The standard InChI is InChI=1S/C19H14ClF2NO4/c20-14-9-16(22)15(21)8-13(14)19(26)27-10-17(24)11-3-5-12(6-4-11)23-7-1-2-18(23)25/h3-6,8-9H,1-2,7,10H2. The van der Waals surface area contributed by atoms with Gasteiger partial charge < -0.3 is 9.64 Å². The van der Waals surface area contributed by atoms with Crippen LogP contribution in [0.1, 0.15) is 33.6 Å². The number of nitrogens with zero attached hydrogens (tertiary/aromatic N) is 1. The first-order valence-electron chi connectivity index (χ1n) is 8.12. The maximum Gasteiger partial charge on any atom is 0.340 e. The lowest BCUT2D eigenvalue weighted by molar-refractivity contribution is -0.117. The summed E-state index contributed by atoms with van der Waals surface area (Å²) in [7, 11) is 0. The SMILES string of the molecule is O=C(COC(=O)c1cc(F)c(F)cc1Cl)c1ccc(N2CCCC2=O)cc1. The molecule has 0 bridgehead atoms. The van der Waals surface area contributed by atoms with E-state index in [1.54, 1.807) is 17.0 Å². The number of Topliss-reactive ketones (excluding diaryl/α,β-unsaturated/α-hetero) is 1. The predicted molar refractivity (Wildman–Crippen MR) is 94.0 cm³/mol. The van der Waals surface area contributed by atoms with Gasteiger partial charge in [-0.05, 0) is 42.8 Å². The molecule has 1 aliphatic heterocycles. The van der Waals surface area contributed by atoms with Crippen molar-refractivity contribution < 1.29 is 27.9 Å². The molecule has 1 heterocycles. The highest BCUT2D eigenvalue weighted by molar-refractivity contribution is 6.33. The fourth-order valence-corrected chi connectivity index (χ4v) is 2.95. The molecule has 0 N–H and O–H groups in total. The van der Waals surface area contributed by atoms with Gasteiger partial charge in [0.15, 0.2) is 24.0 Å². The van der Waals surface area contributed by atoms with Gasteiger partial charge in [-0.15, -0.1) is 0 Å². The van der Waals surface area contributed by atoms with Crippen molar-refractivity contribution in [2.45, 2.75) is 12.8 Å². The van der Waals surface area contributed by atoms with Crippen molar-refractivity contribution in [2.24, 2.45) is 0 Å². The average Bonchev–Trinajstić information content (AvgIpc) is 3.08. The molecule has 0 aromatic heterocycles. The van der Waals surface area contributed by atoms with E-state index >= 15 is 0 Å². The van der Waals surface area contributed by atoms with E-state index in [1.807, 2.05) is 0 Å². The van der Waals surface area contributed by atoms with Crippen molar-refractivity contribution in [3.63, 3.8) is 0 Å². The Labute approximate surface area is 158 Å². The van der Waals surface area contributed by atoms with Crippen molar-refractivity contribution >= 4 is 34.9 Å². The van der Waals surface area contributed by atoms with E-state index in [9.17, 15) is 23.2 Å². The lowest BCUT2D eigenvalue weighted by Gasteiger charge is -2.15. The van der Waals surface area contributed by atoms with Crippen LogP contribution in [0, 0.1) is 11.6 Å². The zero-order valence-corrected chi connectivity index (χ0v) is 14.8. The van der Waals surface area contributed by atoms with Crippen LogP contribution in [-0.2, 0) is 9.53 Å². The van der Waals surface area contributed by atoms with Gasteiger partial charge in [-0.1, -0.05) is 11.6 Å². The van der Waals surface area contributed by atoms with Crippen LogP contribution in [0.3, 0.4) is 0 Å². The summed E-state index contributed by atoms with van der Waals surface area (Å²) in [6, 6.07) is 7.62. The van der Waals surface area contributed by atoms with E-state index in [0.29, 0.717) is 30.8 Å². The Morgan fingerprint density at radius 1 is 1.11 bits per heavy atom. The lowest BCUT2D eigenvalue weighted by Crippen LogP contribution is -2.23. The number of anilines is 1. The van der Waals surface area contributed by atoms with E-state index in [0.717, 1.165) is 6.42 Å². The van der Waals surface area contributed by atoms with Crippen LogP contribution in [0.5, 0.6) is 0 Å². The maximum absolute atomic E-state index is 13.2. The zero-order valence-electron chi connectivity index (χ0n) is 14.0. The molecule has 2 aromatic rings. The molecule has 2 aromatic carbocycles. The largest absolute Gasteiger partial charge is 0.454 e. The van der Waals surface area contributed by atoms with E-state index in [-0.39, 0.29) is 22.1 Å². The minimum absolute atomic E-state index is 0.0337. The Bertz CT molecular complexity index is 915. The number of benzene rings is 2. The molecule has 8 heteroatoms. The summed E-state index contributed by atoms with van der Waals surface area (Å²) in [4.78, 5) is 37.5. The molecule has 0 aliphatic carbocycles. The second-order valence-corrected chi connectivity index (χ2v) is 6.35. The van der Waals surface area contributed by atoms with Crippen LogP contribution in [0.4, 0.5) is 14.5 Å². The monoisotopic (exact) mass is 393 g/mol. The highest BCUT2D eigenvalue weighted by Gasteiger charge is 2.22. The first kappa shape index (κ1) is 19.0. The molecule has 3 rings (SSSR count). The van der Waals surface area contributed by atoms with E-state index < -0.39 is 30.0 Å². The van der Waals surface area contributed by atoms with Gasteiger partial charge in [0.1, 0.15) is 0 Å². The van der Waals surface area contributed by atoms with Crippen molar-refractivity contribution in [1.29, 1.82) is 0 Å². The summed E-state index contributed by atoms with van der Waals surface area (Å²) in [6.45, 7) is 0.0505. The molecule has 27 heavy (non-hydrogen) atoms. The molecule has 1 aliphatic rings. The van der Waals surface area contributed by atoms with Crippen LogP contribution < -0.4 is 4.90 Å². The van der Waals surface area contributed by atoms with Crippen LogP contribution in [0.15, 0.2) is 36.4 Å². The van der Waals surface area contributed by atoms with Crippen molar-refractivity contribution in [3.8, 4) is 0 Å². The highest BCUT2D eigenvalue weighted by Crippen LogP contribution is 2.23. The molecule has 1 amide bonds. The molecular weight excluding hydrogens is 380 g/mol. The van der Waals surface area contributed by atoms with Gasteiger partial charge >= 0.3 is 5.97 Å². The molecule has 0 spiro atoms. The van der Waals surface area contributed by atoms with Gasteiger partial charge in [-0.25, -0.2) is 13.6 Å². The molecule has 0 saturated carbocycles. The number of carbonyl (C=O) groups excluding carboxylic acids is 3. The number of amides is 1. The smallest absolute Gasteiger partial charge is 0.340 e. The summed E-state index contributed by atoms with van der Waals surface area (Å²) in [5.74, 6) is -3.92. The predicted octanol–water partition coefficient (Wildman–Crippen LogP) is 3.78. The number of hydrogen-bond donors (Lipinski definition) is 0. The van der Waals surface area contributed by atoms with Crippen LogP contribution in [0.25, 0.3) is 0 Å². The maximum atomic E-state index is 13.2. The Hall–Kier alpha value is -2.80. The molecule has 0 atom stereocenters. The number of halogens is 3. The van der Waals surface area contributed by atoms with Gasteiger partial charge in [0.05, 0.1) is 10.6 Å². The third kappa shape index (κ3) is 4.14. The highest BCUT2D eigenvalue weighted by atomic mass is 35.5. The third-order valence-corrected chi connectivity index (χ3v) is 4.45. The number of rotatable bonds is 5. The fourth-order valence-electron chi connectivity index (χ4n) is 2.72. The second-order valence-electron chi connectivity index (χ2n) is 5.94.